The van der Waals surface area contributed by atoms with Crippen LogP contribution in [0.15, 0.2) is 30.6 Å². The molecule has 1 fully saturated rings. The molecule has 6 nitrogen and oxygen atoms in total. The minimum atomic E-state index is -0.213. The zero-order valence-electron chi connectivity index (χ0n) is 14.1. The number of hydrogen-bond acceptors (Lipinski definition) is 4. The van der Waals surface area contributed by atoms with Crippen LogP contribution in [0.4, 0.5) is 10.3 Å². The van der Waals surface area contributed by atoms with Crippen LogP contribution in [-0.2, 0) is 17.9 Å². The Morgan fingerprint density at radius 3 is 3.04 bits per heavy atom. The van der Waals surface area contributed by atoms with Gasteiger partial charge in [0.15, 0.2) is 0 Å². The van der Waals surface area contributed by atoms with E-state index < -0.39 is 0 Å². The molecule has 3 heterocycles. The van der Waals surface area contributed by atoms with Gasteiger partial charge < -0.3 is 0 Å². The zero-order valence-corrected chi connectivity index (χ0v) is 14.1. The topological polar surface area (TPSA) is 54.3 Å². The van der Waals surface area contributed by atoms with Crippen molar-refractivity contribution >= 4 is 11.9 Å². The van der Waals surface area contributed by atoms with Crippen LogP contribution in [0.2, 0.25) is 0 Å². The lowest BCUT2D eigenvalue weighted by Gasteiger charge is -2.35. The van der Waals surface area contributed by atoms with Crippen molar-refractivity contribution in [1.82, 2.24) is 19.7 Å². The summed E-state index contributed by atoms with van der Waals surface area (Å²) in [4.78, 5) is 21.3. The van der Waals surface area contributed by atoms with Gasteiger partial charge in [0.2, 0.25) is 11.9 Å². The largest absolute Gasteiger partial charge is 0.298 e. The Balaban J connectivity index is 1.44. The Hall–Kier alpha value is -2.28. The van der Waals surface area contributed by atoms with Crippen molar-refractivity contribution in [1.29, 1.82) is 0 Å². The number of amides is 1. The molecular formula is C18H22FN5O. The van der Waals surface area contributed by atoms with Gasteiger partial charge in [-0.1, -0.05) is 12.1 Å². The van der Waals surface area contributed by atoms with Gasteiger partial charge in [-0.05, 0) is 43.5 Å². The van der Waals surface area contributed by atoms with Crippen LogP contribution >= 0.6 is 0 Å². The third kappa shape index (κ3) is 3.42. The lowest BCUT2D eigenvalue weighted by Crippen LogP contribution is -2.47. The molecule has 0 bridgehead atoms. The van der Waals surface area contributed by atoms with Crippen LogP contribution in [0.25, 0.3) is 0 Å². The number of rotatable bonds is 3. The van der Waals surface area contributed by atoms with Crippen molar-refractivity contribution in [2.75, 3.05) is 24.5 Å². The van der Waals surface area contributed by atoms with Crippen molar-refractivity contribution < 1.29 is 9.18 Å². The summed E-state index contributed by atoms with van der Waals surface area (Å²) >= 11 is 0. The van der Waals surface area contributed by atoms with Crippen LogP contribution in [-0.4, -0.2) is 45.2 Å². The molecule has 4 rings (SSSR count). The second-order valence-electron chi connectivity index (χ2n) is 6.83. The highest BCUT2D eigenvalue weighted by molar-refractivity contribution is 5.93. The molecular weight excluding hydrogens is 321 g/mol. The van der Waals surface area contributed by atoms with Crippen LogP contribution in [0.5, 0.6) is 0 Å². The van der Waals surface area contributed by atoms with Gasteiger partial charge in [-0.2, -0.15) is 10.1 Å². The first-order valence-corrected chi connectivity index (χ1v) is 8.87. The maximum Gasteiger partial charge on any atom is 0.233 e. The van der Waals surface area contributed by atoms with Gasteiger partial charge in [-0.25, -0.2) is 9.07 Å². The number of hydrogen-bond donors (Lipinski definition) is 0. The molecule has 0 N–H and O–H groups in total. The first kappa shape index (κ1) is 16.2. The molecule has 1 saturated heterocycles. The van der Waals surface area contributed by atoms with E-state index >= 15 is 0 Å². The molecule has 7 heteroatoms. The summed E-state index contributed by atoms with van der Waals surface area (Å²) < 4.78 is 15.2. The molecule has 2 aliphatic rings. The number of piperidine rings is 1. The molecule has 25 heavy (non-hydrogen) atoms. The fourth-order valence-corrected chi connectivity index (χ4v) is 3.83. The number of benzene rings is 1. The van der Waals surface area contributed by atoms with E-state index in [4.69, 9.17) is 0 Å². The molecule has 132 valence electrons. The standard InChI is InChI=1S/C18H22FN5O/c19-16-6-1-4-14(10-16)11-22-7-2-5-15(12-22)17(25)23-8-3-9-24-18(23)20-13-21-24/h1,4,6,10,13,15H,2-3,5,7-9,11-12H2. The number of aryl methyl sites for hydroxylation is 1. The van der Waals surface area contributed by atoms with Crippen molar-refractivity contribution in [2.24, 2.45) is 5.92 Å². The molecule has 2 aliphatic heterocycles. The predicted molar refractivity (Wildman–Crippen MR) is 91.4 cm³/mol. The maximum atomic E-state index is 13.4. The lowest BCUT2D eigenvalue weighted by atomic mass is 9.96. The van der Waals surface area contributed by atoms with Gasteiger partial charge in [-0.15, -0.1) is 0 Å². The normalized spacial score (nSPS) is 21.2. The summed E-state index contributed by atoms with van der Waals surface area (Å²) in [6.07, 6.45) is 4.29. The summed E-state index contributed by atoms with van der Waals surface area (Å²) in [6.45, 7) is 3.85. The van der Waals surface area contributed by atoms with Crippen molar-refractivity contribution in [3.05, 3.63) is 42.0 Å². The maximum absolute atomic E-state index is 13.4. The molecule has 1 aromatic carbocycles. The van der Waals surface area contributed by atoms with Crippen LogP contribution in [0.3, 0.4) is 0 Å². The quantitative estimate of drug-likeness (QED) is 0.856. The molecule has 0 spiro atoms. The summed E-state index contributed by atoms with van der Waals surface area (Å²) in [5, 5.41) is 4.18. The molecule has 1 aromatic heterocycles. The molecule has 0 radical (unpaired) electrons. The van der Waals surface area contributed by atoms with Gasteiger partial charge >= 0.3 is 0 Å². The highest BCUT2D eigenvalue weighted by Gasteiger charge is 2.33. The summed E-state index contributed by atoms with van der Waals surface area (Å²) in [5.74, 6) is 0.553. The lowest BCUT2D eigenvalue weighted by molar-refractivity contribution is -0.124. The Bertz CT molecular complexity index is 761. The molecule has 1 atom stereocenters. The fourth-order valence-electron chi connectivity index (χ4n) is 3.83. The van der Waals surface area contributed by atoms with E-state index in [0.717, 1.165) is 37.9 Å². The van der Waals surface area contributed by atoms with Crippen molar-refractivity contribution in [3.8, 4) is 0 Å². The number of aromatic nitrogens is 3. The van der Waals surface area contributed by atoms with E-state index in [1.165, 1.54) is 12.4 Å². The Morgan fingerprint density at radius 2 is 2.16 bits per heavy atom. The highest BCUT2D eigenvalue weighted by Crippen LogP contribution is 2.25. The highest BCUT2D eigenvalue weighted by atomic mass is 19.1. The number of halogens is 1. The summed E-state index contributed by atoms with van der Waals surface area (Å²) in [7, 11) is 0. The Morgan fingerprint density at radius 1 is 1.24 bits per heavy atom. The van der Waals surface area contributed by atoms with Crippen LogP contribution in [0, 0.1) is 11.7 Å². The van der Waals surface area contributed by atoms with E-state index in [-0.39, 0.29) is 17.6 Å². The third-order valence-electron chi connectivity index (χ3n) is 5.00. The van der Waals surface area contributed by atoms with Gasteiger partial charge in [0.05, 0.1) is 5.92 Å². The fraction of sp³-hybridized carbons (Fsp3) is 0.500. The number of fused-ring (bicyclic) bond motifs is 1. The number of carbonyl (C=O) groups is 1. The number of carbonyl (C=O) groups excluding carboxylic acids is 1. The smallest absolute Gasteiger partial charge is 0.233 e. The number of likely N-dealkylation sites (tertiary alicyclic amines) is 1. The minimum absolute atomic E-state index is 0.0365. The first-order chi connectivity index (χ1) is 12.2. The van der Waals surface area contributed by atoms with Gasteiger partial charge in [0, 0.05) is 26.2 Å². The summed E-state index contributed by atoms with van der Waals surface area (Å²) in [6, 6.07) is 6.69. The van der Waals surface area contributed by atoms with Gasteiger partial charge in [0.1, 0.15) is 12.1 Å². The average Bonchev–Trinajstić information content (AvgIpc) is 3.10. The molecule has 1 amide bonds. The SMILES string of the molecule is O=C(C1CCCN(Cc2cccc(F)c2)C1)N1CCCn2ncnc21. The van der Waals surface area contributed by atoms with E-state index in [0.29, 0.717) is 25.6 Å². The van der Waals surface area contributed by atoms with Crippen molar-refractivity contribution in [3.63, 3.8) is 0 Å². The Kier molecular flexibility index (Phi) is 4.48. The minimum Gasteiger partial charge on any atom is -0.298 e. The second kappa shape index (κ2) is 6.92. The van der Waals surface area contributed by atoms with Gasteiger partial charge in [0.25, 0.3) is 0 Å². The van der Waals surface area contributed by atoms with E-state index in [1.54, 1.807) is 21.7 Å². The second-order valence-corrected chi connectivity index (χ2v) is 6.83. The van der Waals surface area contributed by atoms with E-state index in [9.17, 15) is 9.18 Å². The van der Waals surface area contributed by atoms with E-state index in [2.05, 4.69) is 15.0 Å². The molecule has 0 saturated carbocycles. The first-order valence-electron chi connectivity index (χ1n) is 8.87. The predicted octanol–water partition coefficient (Wildman–Crippen LogP) is 2.07. The zero-order chi connectivity index (χ0) is 17.2. The third-order valence-corrected chi connectivity index (χ3v) is 5.00. The molecule has 1 unspecified atom stereocenters. The molecule has 0 aliphatic carbocycles. The number of nitrogens with zero attached hydrogens (tertiary/aromatic N) is 5. The average molecular weight is 343 g/mol. The Labute approximate surface area is 146 Å². The number of anilines is 1. The monoisotopic (exact) mass is 343 g/mol. The van der Waals surface area contributed by atoms with Gasteiger partial charge in [-0.3, -0.25) is 14.6 Å². The van der Waals surface area contributed by atoms with Crippen LogP contribution < -0.4 is 4.90 Å². The van der Waals surface area contributed by atoms with Crippen LogP contribution in [0.1, 0.15) is 24.8 Å². The van der Waals surface area contributed by atoms with E-state index in [1.807, 2.05) is 6.07 Å². The molecule has 2 aromatic rings. The van der Waals surface area contributed by atoms with Crippen molar-refractivity contribution in [2.45, 2.75) is 32.4 Å². The summed E-state index contributed by atoms with van der Waals surface area (Å²) in [5.41, 5.74) is 0.950.